The van der Waals surface area contributed by atoms with Gasteiger partial charge in [0, 0.05) is 31.2 Å². The van der Waals surface area contributed by atoms with Crippen molar-refractivity contribution in [2.75, 3.05) is 0 Å². The molecule has 0 spiro atoms. The molecule has 2 aliphatic rings. The fraction of sp³-hybridized carbons (Fsp3) is 0.818. The van der Waals surface area contributed by atoms with Gasteiger partial charge in [0.25, 0.3) is 0 Å². The van der Waals surface area contributed by atoms with Crippen molar-refractivity contribution in [1.82, 2.24) is 0 Å². The van der Waals surface area contributed by atoms with Crippen LogP contribution < -0.4 is 0 Å². The zero-order chi connectivity index (χ0) is 17.8. The molecule has 3 heteroatoms. The largest absolute Gasteiger partial charge is 0.668 e. The Bertz CT molecular complexity index is 402. The van der Waals surface area contributed by atoms with Gasteiger partial charge in [0.2, 0.25) is 0 Å². The zero-order valence-corrected chi connectivity index (χ0v) is 20.1. The molecule has 1 saturated carbocycles. The molecule has 0 amide bonds. The Kier molecular flexibility index (Phi) is 14.6. The fourth-order valence-electron chi connectivity index (χ4n) is 4.03. The number of hydrogen-bond acceptors (Lipinski definition) is 0. The van der Waals surface area contributed by atoms with Gasteiger partial charge in [-0.05, 0) is 25.3 Å². The number of rotatable bonds is 2. The molecule has 143 valence electrons. The number of allylic oxidation sites excluding steroid dienone is 3. The van der Waals surface area contributed by atoms with Crippen LogP contribution >= 0.6 is 0 Å². The molecule has 0 saturated heterocycles. The monoisotopic (exact) mass is 395 g/mol. The Morgan fingerprint density at radius 3 is 1.68 bits per heavy atom. The van der Waals surface area contributed by atoms with Gasteiger partial charge in [-0.25, -0.2) is 0 Å². The Morgan fingerprint density at radius 2 is 1.32 bits per heavy atom. The third kappa shape index (κ3) is 9.22. The first-order valence-corrected chi connectivity index (χ1v) is 12.8. The minimum atomic E-state index is -0.266. The van der Waals surface area contributed by atoms with Gasteiger partial charge in [0.05, 0.1) is 0 Å². The fourth-order valence-corrected chi connectivity index (χ4v) is 4.03. The minimum Gasteiger partial charge on any atom is -0.668 e. The van der Waals surface area contributed by atoms with Gasteiger partial charge in [0.1, 0.15) is 0 Å². The van der Waals surface area contributed by atoms with E-state index in [4.69, 9.17) is 5.73 Å². The molecular formula is C22H41NSiTi-. The summed E-state index contributed by atoms with van der Waals surface area (Å²) in [4.78, 5) is 0. The van der Waals surface area contributed by atoms with Crippen LogP contribution in [0.4, 0.5) is 0 Å². The third-order valence-electron chi connectivity index (χ3n) is 5.55. The van der Waals surface area contributed by atoms with E-state index in [9.17, 15) is 0 Å². The van der Waals surface area contributed by atoms with E-state index in [0.717, 1.165) is 35.2 Å². The van der Waals surface area contributed by atoms with E-state index < -0.39 is 0 Å². The molecule has 0 aromatic heterocycles. The average molecular weight is 396 g/mol. The van der Waals surface area contributed by atoms with Gasteiger partial charge in [0.15, 0.2) is 0 Å². The third-order valence-corrected chi connectivity index (χ3v) is 5.55. The normalized spacial score (nSPS) is 21.9. The van der Waals surface area contributed by atoms with Crippen molar-refractivity contribution < 1.29 is 21.7 Å². The molecule has 0 aromatic rings. The van der Waals surface area contributed by atoms with E-state index in [2.05, 4.69) is 33.0 Å². The zero-order valence-electron chi connectivity index (χ0n) is 17.3. The smallest absolute Gasteiger partial charge is 0.0213 e. The van der Waals surface area contributed by atoms with Crippen LogP contribution in [0.1, 0.15) is 97.3 Å². The molecule has 0 unspecified atom stereocenters. The maximum Gasteiger partial charge on any atom is 0.0213 e. The topological polar surface area (TPSA) is 23.8 Å². The molecule has 0 bridgehead atoms. The molecule has 1 nitrogen and oxygen atoms in total. The Labute approximate surface area is 175 Å². The van der Waals surface area contributed by atoms with Crippen molar-refractivity contribution >= 4 is 9.52 Å². The molecule has 25 heavy (non-hydrogen) atoms. The molecular weight excluding hydrogens is 354 g/mol. The van der Waals surface area contributed by atoms with E-state index in [1.165, 1.54) is 74.5 Å². The predicted octanol–water partition coefficient (Wildman–Crippen LogP) is 7.66. The second-order valence-corrected chi connectivity index (χ2v) is 9.00. The molecule has 0 aromatic carbocycles. The molecule has 1 N–H and O–H groups in total. The van der Waals surface area contributed by atoms with Crippen molar-refractivity contribution in [3.8, 4) is 0 Å². The maximum absolute atomic E-state index is 9.11. The summed E-state index contributed by atoms with van der Waals surface area (Å²) >= 11 is 0. The van der Waals surface area contributed by atoms with Gasteiger partial charge >= 0.3 is 0 Å². The first-order valence-electron chi connectivity index (χ1n) is 10.5. The van der Waals surface area contributed by atoms with Crippen LogP contribution in [0, 0.1) is 0 Å². The maximum atomic E-state index is 9.11. The number of hydrogen-bond donors (Lipinski definition) is 0. The van der Waals surface area contributed by atoms with E-state index in [-0.39, 0.29) is 27.3 Å². The van der Waals surface area contributed by atoms with Crippen LogP contribution in [0.25, 0.3) is 5.73 Å². The van der Waals surface area contributed by atoms with Crippen LogP contribution in [0.5, 0.6) is 0 Å². The Balaban J connectivity index is 0.00000134. The van der Waals surface area contributed by atoms with E-state index in [0.29, 0.717) is 0 Å². The van der Waals surface area contributed by atoms with Crippen molar-refractivity contribution in [2.24, 2.45) is 0 Å². The summed E-state index contributed by atoms with van der Waals surface area (Å²) in [7, 11) is 0.750. The predicted molar refractivity (Wildman–Crippen MR) is 112 cm³/mol. The molecule has 2 rings (SSSR count). The van der Waals surface area contributed by atoms with Crippen molar-refractivity contribution in [2.45, 2.75) is 116 Å². The van der Waals surface area contributed by atoms with Crippen molar-refractivity contribution in [3.05, 3.63) is 28.5 Å². The van der Waals surface area contributed by atoms with E-state index >= 15 is 0 Å². The summed E-state index contributed by atoms with van der Waals surface area (Å²) in [5, 5.41) is 0. The first-order chi connectivity index (χ1) is 11.6. The Morgan fingerprint density at radius 1 is 0.920 bits per heavy atom. The first kappa shape index (κ1) is 25.4. The van der Waals surface area contributed by atoms with Gasteiger partial charge in [-0.15, -0.1) is 5.54 Å². The standard InChI is InChI=1S/C20H34N.C2H7Si.Ti/c1-3-18-16-19(15-17(18)2)20(21)13-11-9-7-5-4-6-8-10-12-14-20;1-3-2;/h16,21H,3-15H2,1-2H3;3H,1-2H3;/q-1;;. The van der Waals surface area contributed by atoms with Crippen molar-refractivity contribution in [1.29, 1.82) is 0 Å². The second-order valence-electron chi connectivity index (χ2n) is 7.85. The molecule has 0 atom stereocenters. The summed E-state index contributed by atoms with van der Waals surface area (Å²) < 4.78 is 0. The molecule has 2 aliphatic carbocycles. The average Bonchev–Trinajstić information content (AvgIpc) is 2.93. The van der Waals surface area contributed by atoms with Crippen LogP contribution in [0.3, 0.4) is 0 Å². The Hall–Kier alpha value is 0.371. The summed E-state index contributed by atoms with van der Waals surface area (Å²) in [6.45, 7) is 8.93. The molecule has 1 radical (unpaired) electrons. The van der Waals surface area contributed by atoms with Crippen LogP contribution in [-0.2, 0) is 21.7 Å². The van der Waals surface area contributed by atoms with Crippen molar-refractivity contribution in [3.63, 3.8) is 0 Å². The van der Waals surface area contributed by atoms with Crippen LogP contribution in [0.2, 0.25) is 13.1 Å². The van der Waals surface area contributed by atoms with Gasteiger partial charge in [-0.3, -0.25) is 0 Å². The van der Waals surface area contributed by atoms with Gasteiger partial charge in [-0.1, -0.05) is 108 Å². The molecule has 0 heterocycles. The second kappa shape index (κ2) is 14.4. The summed E-state index contributed by atoms with van der Waals surface area (Å²) in [5.74, 6) is 0. The summed E-state index contributed by atoms with van der Waals surface area (Å²) in [5.41, 5.74) is 13.3. The van der Waals surface area contributed by atoms with Crippen LogP contribution in [0.15, 0.2) is 22.8 Å². The SMILES string of the molecule is CCC1=C(C)CC(C2([NH-])CCCCCCCCCCC2)=C1.C[SiH]C.[Ti]. The quantitative estimate of drug-likeness (QED) is 0.429. The molecule has 1 fully saturated rings. The molecule has 0 aliphatic heterocycles. The van der Waals surface area contributed by atoms with E-state index in [1.807, 2.05) is 0 Å². The van der Waals surface area contributed by atoms with Gasteiger partial charge < -0.3 is 5.73 Å². The van der Waals surface area contributed by atoms with Gasteiger partial charge in [-0.2, -0.15) is 0 Å². The van der Waals surface area contributed by atoms with Crippen LogP contribution in [-0.4, -0.2) is 15.1 Å². The summed E-state index contributed by atoms with van der Waals surface area (Å²) in [6, 6.07) is 0. The summed E-state index contributed by atoms with van der Waals surface area (Å²) in [6.07, 6.45) is 18.9. The number of nitrogens with one attached hydrogen (secondary N) is 1. The van der Waals surface area contributed by atoms with E-state index in [1.54, 1.807) is 0 Å². The minimum absolute atomic E-state index is 0.